The first kappa shape index (κ1) is 15.6. The Morgan fingerprint density at radius 1 is 1.45 bits per heavy atom. The van der Waals surface area contributed by atoms with Gasteiger partial charge in [-0.05, 0) is 12.1 Å². The number of fused-ring (bicyclic) bond motifs is 1. The molecule has 1 aromatic heterocycles. The van der Waals surface area contributed by atoms with Crippen LogP contribution in [0.15, 0.2) is 34.7 Å². The van der Waals surface area contributed by atoms with Gasteiger partial charge >= 0.3 is 12.0 Å². The molecule has 7 heteroatoms. The molecular formula is C13H14FNO5. The molecule has 0 aliphatic heterocycles. The Hall–Kier alpha value is -2.44. The second-order valence-corrected chi connectivity index (χ2v) is 3.65. The number of rotatable bonds is 4. The van der Waals surface area contributed by atoms with E-state index in [-0.39, 0.29) is 12.2 Å². The second-order valence-electron chi connectivity index (χ2n) is 3.65. The summed E-state index contributed by atoms with van der Waals surface area (Å²) in [5.41, 5.74) is 0.545. The van der Waals surface area contributed by atoms with Gasteiger partial charge in [-0.15, -0.1) is 0 Å². The molecule has 0 spiro atoms. The highest BCUT2D eigenvalue weighted by atomic mass is 19.3. The molecule has 1 aromatic carbocycles. The van der Waals surface area contributed by atoms with Crippen LogP contribution >= 0.6 is 0 Å². The molecule has 20 heavy (non-hydrogen) atoms. The largest absolute Gasteiger partial charge is 0.461 e. The molecule has 0 fully saturated rings. The molecule has 6 nitrogen and oxygen atoms in total. The lowest BCUT2D eigenvalue weighted by molar-refractivity contribution is -0.512. The van der Waals surface area contributed by atoms with Crippen molar-refractivity contribution in [1.82, 2.24) is 0 Å². The topological polar surface area (TPSA) is 82.6 Å². The van der Waals surface area contributed by atoms with E-state index in [1.807, 2.05) is 13.8 Å². The van der Waals surface area contributed by atoms with Crippen molar-refractivity contribution in [1.29, 1.82) is 0 Å². The lowest BCUT2D eigenvalue weighted by Crippen LogP contribution is -2.31. The van der Waals surface area contributed by atoms with E-state index in [4.69, 9.17) is 4.42 Å². The third-order valence-electron chi connectivity index (χ3n) is 2.47. The summed E-state index contributed by atoms with van der Waals surface area (Å²) in [5.74, 6) is -1.32. The first-order valence-corrected chi connectivity index (χ1v) is 6.05. The molecule has 2 rings (SSSR count). The monoisotopic (exact) mass is 283 g/mol. The third-order valence-corrected chi connectivity index (χ3v) is 2.47. The maximum absolute atomic E-state index is 11.7. The molecular weight excluding hydrogens is 269 g/mol. The van der Waals surface area contributed by atoms with Crippen molar-refractivity contribution in [2.75, 3.05) is 0 Å². The van der Waals surface area contributed by atoms with Gasteiger partial charge in [-0.3, -0.25) is 10.1 Å². The highest BCUT2D eigenvalue weighted by Crippen LogP contribution is 2.20. The van der Waals surface area contributed by atoms with Gasteiger partial charge in [0.05, 0.1) is 6.42 Å². The standard InChI is InChI=1S/C11H8FNO5.C2H6/c12-18-11(14)9(13(15)16)6-8-5-7-3-1-2-4-10(7)17-8;1-2/h1-5,9H,6H2;1-2H3. The minimum atomic E-state index is -1.81. The molecule has 2 aromatic rings. The number of benzene rings is 1. The Morgan fingerprint density at radius 3 is 2.65 bits per heavy atom. The van der Waals surface area contributed by atoms with Crippen LogP contribution in [0.1, 0.15) is 19.6 Å². The summed E-state index contributed by atoms with van der Waals surface area (Å²) in [4.78, 5) is 23.5. The number of nitrogens with zero attached hydrogens (tertiary/aromatic N) is 1. The first-order chi connectivity index (χ1) is 9.61. The van der Waals surface area contributed by atoms with Crippen LogP contribution < -0.4 is 0 Å². The van der Waals surface area contributed by atoms with E-state index in [0.717, 1.165) is 5.39 Å². The highest BCUT2D eigenvalue weighted by Gasteiger charge is 2.34. The minimum absolute atomic E-state index is 0.225. The maximum Gasteiger partial charge on any atom is 0.422 e. The fourth-order valence-electron chi connectivity index (χ4n) is 1.62. The van der Waals surface area contributed by atoms with Gasteiger partial charge in [-0.25, -0.2) is 9.74 Å². The van der Waals surface area contributed by atoms with E-state index in [1.54, 1.807) is 30.3 Å². The molecule has 0 N–H and O–H groups in total. The zero-order chi connectivity index (χ0) is 15.1. The Kier molecular flexibility index (Phi) is 5.64. The van der Waals surface area contributed by atoms with Crippen LogP contribution in [-0.2, 0) is 16.2 Å². The van der Waals surface area contributed by atoms with Crippen LogP contribution in [0.5, 0.6) is 0 Å². The molecule has 1 unspecified atom stereocenters. The first-order valence-electron chi connectivity index (χ1n) is 6.05. The van der Waals surface area contributed by atoms with Crippen molar-refractivity contribution in [3.63, 3.8) is 0 Å². The van der Waals surface area contributed by atoms with Gasteiger partial charge in [0, 0.05) is 14.8 Å². The zero-order valence-corrected chi connectivity index (χ0v) is 11.0. The van der Waals surface area contributed by atoms with E-state index < -0.39 is 16.9 Å². The quantitative estimate of drug-likeness (QED) is 0.636. The maximum atomic E-state index is 11.7. The van der Waals surface area contributed by atoms with Gasteiger partial charge in [0.1, 0.15) is 11.3 Å². The number of carbonyl (C=O) groups excluding carboxylic acids is 1. The van der Waals surface area contributed by atoms with Crippen molar-refractivity contribution < 1.29 is 23.6 Å². The van der Waals surface area contributed by atoms with Crippen LogP contribution in [0.3, 0.4) is 0 Å². The summed E-state index contributed by atoms with van der Waals surface area (Å²) >= 11 is 0. The molecule has 0 saturated carbocycles. The number of para-hydroxylation sites is 1. The van der Waals surface area contributed by atoms with Crippen LogP contribution in [0.4, 0.5) is 4.53 Å². The summed E-state index contributed by atoms with van der Waals surface area (Å²) in [6.07, 6.45) is -0.357. The third kappa shape index (κ3) is 3.53. The normalized spacial score (nSPS) is 11.3. The average Bonchev–Trinajstić information content (AvgIpc) is 2.88. The van der Waals surface area contributed by atoms with Crippen LogP contribution in [0.2, 0.25) is 0 Å². The predicted octanol–water partition coefficient (Wildman–Crippen LogP) is 3.07. The molecule has 1 heterocycles. The van der Waals surface area contributed by atoms with E-state index >= 15 is 0 Å². The lowest BCUT2D eigenvalue weighted by Gasteiger charge is -2.02. The summed E-state index contributed by atoms with van der Waals surface area (Å²) in [7, 11) is 0. The number of hydrogen-bond donors (Lipinski definition) is 0. The molecule has 0 saturated heterocycles. The second kappa shape index (κ2) is 7.22. The lowest BCUT2D eigenvalue weighted by atomic mass is 10.1. The summed E-state index contributed by atoms with van der Waals surface area (Å²) in [6.45, 7) is 4.00. The Morgan fingerprint density at radius 2 is 2.10 bits per heavy atom. The molecule has 108 valence electrons. The highest BCUT2D eigenvalue weighted by molar-refractivity contribution is 5.78. The predicted molar refractivity (Wildman–Crippen MR) is 69.2 cm³/mol. The van der Waals surface area contributed by atoms with Crippen molar-refractivity contribution in [2.24, 2.45) is 0 Å². The number of halogens is 1. The van der Waals surface area contributed by atoms with Gasteiger partial charge < -0.3 is 4.42 Å². The van der Waals surface area contributed by atoms with Gasteiger partial charge in [0.25, 0.3) is 0 Å². The number of furan rings is 1. The van der Waals surface area contributed by atoms with Crippen molar-refractivity contribution in [3.8, 4) is 0 Å². The van der Waals surface area contributed by atoms with Crippen LogP contribution in [0.25, 0.3) is 11.0 Å². The zero-order valence-electron chi connectivity index (χ0n) is 11.0. The molecule has 1 atom stereocenters. The van der Waals surface area contributed by atoms with E-state index in [2.05, 4.69) is 4.94 Å². The molecule has 0 aliphatic rings. The number of hydrogen-bond acceptors (Lipinski definition) is 5. The van der Waals surface area contributed by atoms with Gasteiger partial charge in [-0.2, -0.15) is 0 Å². The van der Waals surface area contributed by atoms with Crippen molar-refractivity contribution >= 4 is 16.9 Å². The molecule has 0 bridgehead atoms. The van der Waals surface area contributed by atoms with Gasteiger partial charge in [0.2, 0.25) is 0 Å². The molecule has 0 amide bonds. The molecule has 0 radical (unpaired) electrons. The SMILES string of the molecule is CC.O=C(OF)C(Cc1cc2ccccc2o1)[N+](=O)[O-]. The summed E-state index contributed by atoms with van der Waals surface area (Å²) in [5, 5.41) is 11.4. The van der Waals surface area contributed by atoms with E-state index in [0.29, 0.717) is 5.58 Å². The van der Waals surface area contributed by atoms with Gasteiger partial charge in [-0.1, -0.05) is 32.0 Å². The average molecular weight is 283 g/mol. The Labute approximate surface area is 114 Å². The van der Waals surface area contributed by atoms with Crippen molar-refractivity contribution in [3.05, 3.63) is 46.2 Å². The smallest absolute Gasteiger partial charge is 0.422 e. The minimum Gasteiger partial charge on any atom is -0.461 e. The fraction of sp³-hybridized carbons (Fsp3) is 0.308. The Balaban J connectivity index is 0.000000956. The van der Waals surface area contributed by atoms with E-state index in [9.17, 15) is 19.4 Å². The van der Waals surface area contributed by atoms with Crippen LogP contribution in [0, 0.1) is 10.1 Å². The summed E-state index contributed by atoms with van der Waals surface area (Å²) in [6, 6.07) is 6.73. The molecule has 0 aliphatic carbocycles. The van der Waals surface area contributed by atoms with Gasteiger partial charge in [0.15, 0.2) is 0 Å². The Bertz CT molecular complexity index is 562. The fourth-order valence-corrected chi connectivity index (χ4v) is 1.62. The van der Waals surface area contributed by atoms with Crippen molar-refractivity contribution in [2.45, 2.75) is 26.3 Å². The summed E-state index contributed by atoms with van der Waals surface area (Å²) < 4.78 is 17.0. The van der Waals surface area contributed by atoms with E-state index in [1.165, 1.54) is 0 Å². The van der Waals surface area contributed by atoms with Crippen LogP contribution in [-0.4, -0.2) is 16.9 Å². The number of carbonyl (C=O) groups is 1. The number of nitro groups is 1.